The molecular formula is C16H20N2O5S. The zero-order valence-corrected chi connectivity index (χ0v) is 14.7. The number of Topliss-reactive ketones (excluding diaryl/α,β-unsaturated/α-hetero) is 1. The van der Waals surface area contributed by atoms with E-state index in [9.17, 15) is 19.2 Å². The number of thiophene rings is 1. The number of ether oxygens (including phenoxy) is 1. The van der Waals surface area contributed by atoms with Gasteiger partial charge in [-0.15, -0.1) is 11.3 Å². The average molecular weight is 352 g/mol. The highest BCUT2D eigenvalue weighted by atomic mass is 32.1. The number of hydrogen-bond donors (Lipinski definition) is 1. The van der Waals surface area contributed by atoms with Gasteiger partial charge in [-0.25, -0.2) is 4.79 Å². The zero-order valence-electron chi connectivity index (χ0n) is 13.9. The number of carbonyl (C=O) groups is 4. The van der Waals surface area contributed by atoms with Crippen LogP contribution in [0, 0.1) is 13.8 Å². The van der Waals surface area contributed by atoms with Gasteiger partial charge in [0.15, 0.2) is 11.9 Å². The summed E-state index contributed by atoms with van der Waals surface area (Å²) in [4.78, 5) is 50.4. The topological polar surface area (TPSA) is 92.8 Å². The van der Waals surface area contributed by atoms with E-state index in [1.807, 2.05) is 19.9 Å². The Hall–Kier alpha value is -2.22. The molecule has 1 fully saturated rings. The first-order valence-corrected chi connectivity index (χ1v) is 8.50. The molecule has 1 aliphatic rings. The number of rotatable bonds is 6. The highest BCUT2D eigenvalue weighted by molar-refractivity contribution is 7.12. The molecule has 0 aromatic carbocycles. The van der Waals surface area contributed by atoms with Crippen LogP contribution in [-0.4, -0.2) is 47.8 Å². The highest BCUT2D eigenvalue weighted by Gasteiger charge is 2.31. The van der Waals surface area contributed by atoms with E-state index in [0.717, 1.165) is 14.7 Å². The summed E-state index contributed by atoms with van der Waals surface area (Å²) in [5, 5.41) is 2.51. The van der Waals surface area contributed by atoms with Crippen LogP contribution in [0.2, 0.25) is 0 Å². The minimum Gasteiger partial charge on any atom is -0.453 e. The van der Waals surface area contributed by atoms with E-state index < -0.39 is 24.0 Å². The predicted molar refractivity (Wildman–Crippen MR) is 88.0 cm³/mol. The number of nitrogens with zero attached hydrogens (tertiary/aromatic N) is 1. The minimum absolute atomic E-state index is 0.0287. The molecule has 7 nitrogen and oxygen atoms in total. The number of nitrogens with one attached hydrogen (secondary N) is 1. The third kappa shape index (κ3) is 4.19. The first-order chi connectivity index (χ1) is 11.3. The Morgan fingerprint density at radius 3 is 2.58 bits per heavy atom. The summed E-state index contributed by atoms with van der Waals surface area (Å²) in [7, 11) is 0. The van der Waals surface area contributed by atoms with Gasteiger partial charge in [-0.1, -0.05) is 0 Å². The maximum Gasteiger partial charge on any atom is 0.324 e. The molecule has 2 heterocycles. The SMILES string of the molecule is Cc1cc(C(=O)CCC(=O)OC(C)C(=O)N2CCNC2=O)c(C)s1. The summed E-state index contributed by atoms with van der Waals surface area (Å²) >= 11 is 1.54. The molecular weight excluding hydrogens is 332 g/mol. The van der Waals surface area contributed by atoms with Crippen LogP contribution in [0.4, 0.5) is 4.79 Å². The number of hydrogen-bond acceptors (Lipinski definition) is 6. The minimum atomic E-state index is -1.05. The summed E-state index contributed by atoms with van der Waals surface area (Å²) in [6.45, 7) is 5.85. The van der Waals surface area contributed by atoms with Crippen LogP contribution >= 0.6 is 11.3 Å². The lowest BCUT2D eigenvalue weighted by molar-refractivity contribution is -0.157. The number of aryl methyl sites for hydroxylation is 2. The second-order valence-electron chi connectivity index (χ2n) is 5.60. The van der Waals surface area contributed by atoms with Crippen LogP contribution in [-0.2, 0) is 14.3 Å². The van der Waals surface area contributed by atoms with Crippen molar-refractivity contribution in [3.8, 4) is 0 Å². The van der Waals surface area contributed by atoms with Crippen LogP contribution < -0.4 is 5.32 Å². The van der Waals surface area contributed by atoms with E-state index >= 15 is 0 Å². The van der Waals surface area contributed by atoms with E-state index in [-0.39, 0.29) is 25.2 Å². The molecule has 1 N–H and O–H groups in total. The first kappa shape index (κ1) is 18.1. The summed E-state index contributed by atoms with van der Waals surface area (Å²) in [6.07, 6.45) is -1.13. The van der Waals surface area contributed by atoms with Crippen LogP contribution in [0.5, 0.6) is 0 Å². The second-order valence-corrected chi connectivity index (χ2v) is 7.06. The van der Waals surface area contributed by atoms with Gasteiger partial charge in [0.2, 0.25) is 0 Å². The Labute approximate surface area is 144 Å². The normalized spacial score (nSPS) is 15.1. The molecule has 1 aliphatic heterocycles. The van der Waals surface area contributed by atoms with Crippen LogP contribution in [0.15, 0.2) is 6.07 Å². The van der Waals surface area contributed by atoms with E-state index in [1.54, 1.807) is 0 Å². The van der Waals surface area contributed by atoms with Gasteiger partial charge in [-0.3, -0.25) is 19.3 Å². The lowest BCUT2D eigenvalue weighted by atomic mass is 10.1. The molecule has 1 saturated heterocycles. The summed E-state index contributed by atoms with van der Waals surface area (Å²) in [6, 6.07) is 1.33. The van der Waals surface area contributed by atoms with Crippen molar-refractivity contribution in [1.29, 1.82) is 0 Å². The predicted octanol–water partition coefficient (Wildman–Crippen LogP) is 1.81. The smallest absolute Gasteiger partial charge is 0.324 e. The third-order valence-corrected chi connectivity index (χ3v) is 4.64. The van der Waals surface area contributed by atoms with Gasteiger partial charge in [0, 0.05) is 34.8 Å². The maximum atomic E-state index is 12.1. The number of carbonyl (C=O) groups excluding carboxylic acids is 4. The molecule has 1 atom stereocenters. The molecule has 1 aromatic rings. The average Bonchev–Trinajstić information content (AvgIpc) is 3.09. The van der Waals surface area contributed by atoms with E-state index in [2.05, 4.69) is 5.32 Å². The van der Waals surface area contributed by atoms with Crippen molar-refractivity contribution >= 4 is 35.0 Å². The van der Waals surface area contributed by atoms with Crippen molar-refractivity contribution in [3.05, 3.63) is 21.4 Å². The molecule has 1 unspecified atom stereocenters. The Balaban J connectivity index is 1.82. The number of urea groups is 1. The molecule has 8 heteroatoms. The number of ketones is 1. The maximum absolute atomic E-state index is 12.1. The number of imide groups is 1. The zero-order chi connectivity index (χ0) is 17.9. The third-order valence-electron chi connectivity index (χ3n) is 3.68. The van der Waals surface area contributed by atoms with Gasteiger partial charge in [0.05, 0.1) is 6.42 Å². The number of amides is 3. The molecule has 1 aromatic heterocycles. The molecule has 24 heavy (non-hydrogen) atoms. The Morgan fingerprint density at radius 2 is 2.04 bits per heavy atom. The quantitative estimate of drug-likeness (QED) is 0.623. The van der Waals surface area contributed by atoms with Crippen molar-refractivity contribution < 1.29 is 23.9 Å². The van der Waals surface area contributed by atoms with E-state index in [0.29, 0.717) is 12.1 Å². The summed E-state index contributed by atoms with van der Waals surface area (Å²) in [5.74, 6) is -1.31. The lowest BCUT2D eigenvalue weighted by Crippen LogP contribution is -2.41. The fourth-order valence-electron chi connectivity index (χ4n) is 2.47. The Kier molecular flexibility index (Phi) is 5.71. The van der Waals surface area contributed by atoms with Crippen molar-refractivity contribution in [2.24, 2.45) is 0 Å². The fraction of sp³-hybridized carbons (Fsp3) is 0.500. The molecule has 0 spiro atoms. The molecule has 130 valence electrons. The summed E-state index contributed by atoms with van der Waals surface area (Å²) < 4.78 is 5.03. The summed E-state index contributed by atoms with van der Waals surface area (Å²) in [5.41, 5.74) is 0.628. The molecule has 3 amide bonds. The van der Waals surface area contributed by atoms with Gasteiger partial charge < -0.3 is 10.1 Å². The second kappa shape index (κ2) is 7.57. The van der Waals surface area contributed by atoms with Crippen LogP contribution in [0.1, 0.15) is 39.9 Å². The number of esters is 1. The van der Waals surface area contributed by atoms with Gasteiger partial charge in [0.25, 0.3) is 5.91 Å². The van der Waals surface area contributed by atoms with Gasteiger partial charge >= 0.3 is 12.0 Å². The van der Waals surface area contributed by atoms with Crippen molar-refractivity contribution in [2.45, 2.75) is 39.7 Å². The fourth-order valence-corrected chi connectivity index (χ4v) is 3.41. The lowest BCUT2D eigenvalue weighted by Gasteiger charge is -2.18. The van der Waals surface area contributed by atoms with Gasteiger partial charge in [-0.2, -0.15) is 0 Å². The largest absolute Gasteiger partial charge is 0.453 e. The molecule has 0 saturated carbocycles. The van der Waals surface area contributed by atoms with E-state index in [4.69, 9.17) is 4.74 Å². The Bertz CT molecular complexity index is 682. The van der Waals surface area contributed by atoms with Gasteiger partial charge in [0.1, 0.15) is 0 Å². The standard InChI is InChI=1S/C16H20N2O5S/c1-9-8-12(11(3)24-9)13(19)4-5-14(20)23-10(2)15(21)18-7-6-17-16(18)22/h8,10H,4-7H2,1-3H3,(H,17,22). The van der Waals surface area contributed by atoms with Gasteiger partial charge in [-0.05, 0) is 26.8 Å². The first-order valence-electron chi connectivity index (χ1n) is 7.68. The Morgan fingerprint density at radius 1 is 1.33 bits per heavy atom. The molecule has 2 rings (SSSR count). The van der Waals surface area contributed by atoms with Crippen molar-refractivity contribution in [2.75, 3.05) is 13.1 Å². The van der Waals surface area contributed by atoms with E-state index in [1.165, 1.54) is 18.3 Å². The molecule has 0 bridgehead atoms. The van der Waals surface area contributed by atoms with Crippen molar-refractivity contribution in [1.82, 2.24) is 10.2 Å². The van der Waals surface area contributed by atoms with Crippen LogP contribution in [0.3, 0.4) is 0 Å². The molecule has 0 radical (unpaired) electrons. The molecule has 0 aliphatic carbocycles. The monoisotopic (exact) mass is 352 g/mol. The highest BCUT2D eigenvalue weighted by Crippen LogP contribution is 2.22. The van der Waals surface area contributed by atoms with Crippen molar-refractivity contribution in [3.63, 3.8) is 0 Å². The van der Waals surface area contributed by atoms with Crippen LogP contribution in [0.25, 0.3) is 0 Å².